The van der Waals surface area contributed by atoms with Crippen molar-refractivity contribution in [3.8, 4) is 0 Å². The van der Waals surface area contributed by atoms with Crippen molar-refractivity contribution < 1.29 is 4.79 Å². The predicted molar refractivity (Wildman–Crippen MR) is 75.5 cm³/mol. The van der Waals surface area contributed by atoms with Crippen molar-refractivity contribution in [1.82, 2.24) is 5.32 Å². The van der Waals surface area contributed by atoms with E-state index in [1.807, 2.05) is 30.3 Å². The molecule has 1 aromatic rings. The van der Waals surface area contributed by atoms with E-state index in [9.17, 15) is 4.79 Å². The molecule has 0 unspecified atom stereocenters. The minimum Gasteiger partial charge on any atom is -0.351 e. The first-order valence-electron chi connectivity index (χ1n) is 6.48. The van der Waals surface area contributed by atoms with Gasteiger partial charge in [-0.2, -0.15) is 0 Å². The fourth-order valence-electron chi connectivity index (χ4n) is 2.25. The largest absolute Gasteiger partial charge is 0.351 e. The summed E-state index contributed by atoms with van der Waals surface area (Å²) < 4.78 is 0. The Morgan fingerprint density at radius 1 is 1.28 bits per heavy atom. The Labute approximate surface area is 113 Å². The number of carbonyl (C=O) groups excluding carboxylic acids is 1. The molecule has 0 heterocycles. The van der Waals surface area contributed by atoms with Crippen molar-refractivity contribution in [2.75, 3.05) is 5.75 Å². The van der Waals surface area contributed by atoms with Crippen LogP contribution in [0.25, 0.3) is 0 Å². The van der Waals surface area contributed by atoms with E-state index in [1.165, 1.54) is 12.8 Å². The molecule has 1 fully saturated rings. The van der Waals surface area contributed by atoms with Gasteiger partial charge < -0.3 is 11.1 Å². The van der Waals surface area contributed by atoms with E-state index >= 15 is 0 Å². The van der Waals surface area contributed by atoms with Gasteiger partial charge in [0.25, 0.3) is 0 Å². The van der Waals surface area contributed by atoms with Crippen LogP contribution in [0.5, 0.6) is 0 Å². The lowest BCUT2D eigenvalue weighted by atomic mass is 9.91. The fraction of sp³-hybridized carbons (Fsp3) is 0.500. The van der Waals surface area contributed by atoms with Crippen LogP contribution < -0.4 is 11.1 Å². The van der Waals surface area contributed by atoms with Gasteiger partial charge in [0.1, 0.15) is 0 Å². The summed E-state index contributed by atoms with van der Waals surface area (Å²) in [6.07, 6.45) is 4.40. The maximum absolute atomic E-state index is 11.8. The molecule has 4 heteroatoms. The van der Waals surface area contributed by atoms with Gasteiger partial charge in [-0.05, 0) is 25.0 Å². The third-order valence-corrected chi connectivity index (χ3v) is 4.29. The number of carbonyl (C=O) groups is 1. The zero-order valence-corrected chi connectivity index (χ0v) is 11.3. The molecule has 2 rings (SSSR count). The third kappa shape index (κ3) is 4.03. The predicted octanol–water partition coefficient (Wildman–Crippen LogP) is 2.16. The van der Waals surface area contributed by atoms with Crippen molar-refractivity contribution in [2.45, 2.75) is 42.7 Å². The summed E-state index contributed by atoms with van der Waals surface area (Å²) in [6, 6.07) is 10.3. The molecular formula is C14H20N2OS. The summed E-state index contributed by atoms with van der Waals surface area (Å²) in [7, 11) is 0. The molecule has 0 radical (unpaired) electrons. The Kier molecular flexibility index (Phi) is 5.08. The highest BCUT2D eigenvalue weighted by Gasteiger charge is 2.22. The molecular weight excluding hydrogens is 244 g/mol. The fourth-order valence-corrected chi connectivity index (χ4v) is 2.98. The second-order valence-corrected chi connectivity index (χ2v) is 5.77. The molecule has 1 aromatic carbocycles. The van der Waals surface area contributed by atoms with Crippen molar-refractivity contribution in [3.05, 3.63) is 30.3 Å². The Bertz CT molecular complexity index is 383. The van der Waals surface area contributed by atoms with Gasteiger partial charge in [0.2, 0.25) is 5.91 Å². The van der Waals surface area contributed by atoms with Crippen LogP contribution in [0.4, 0.5) is 0 Å². The molecule has 3 nitrogen and oxygen atoms in total. The van der Waals surface area contributed by atoms with E-state index in [0.29, 0.717) is 5.75 Å². The lowest BCUT2D eigenvalue weighted by Crippen LogP contribution is -2.49. The molecule has 0 bridgehead atoms. The van der Waals surface area contributed by atoms with E-state index < -0.39 is 0 Å². The molecule has 0 saturated heterocycles. The lowest BCUT2D eigenvalue weighted by molar-refractivity contribution is -0.119. The normalized spacial score (nSPS) is 23.6. The minimum absolute atomic E-state index is 0.0891. The van der Waals surface area contributed by atoms with Gasteiger partial charge >= 0.3 is 0 Å². The summed E-state index contributed by atoms with van der Waals surface area (Å²) in [6.45, 7) is 0. The number of hydrogen-bond donors (Lipinski definition) is 2. The first-order chi connectivity index (χ1) is 8.75. The van der Waals surface area contributed by atoms with Crippen LogP contribution in [0.1, 0.15) is 25.7 Å². The molecule has 1 saturated carbocycles. The van der Waals surface area contributed by atoms with E-state index in [4.69, 9.17) is 5.73 Å². The number of rotatable bonds is 4. The number of thioether (sulfide) groups is 1. The van der Waals surface area contributed by atoms with Crippen LogP contribution in [0.2, 0.25) is 0 Å². The molecule has 0 aliphatic heterocycles. The van der Waals surface area contributed by atoms with Gasteiger partial charge in [-0.3, -0.25) is 4.79 Å². The lowest BCUT2D eigenvalue weighted by Gasteiger charge is -2.29. The number of hydrogen-bond acceptors (Lipinski definition) is 3. The van der Waals surface area contributed by atoms with Gasteiger partial charge in [-0.25, -0.2) is 0 Å². The standard InChI is InChI=1S/C14H20N2OS/c15-12-8-4-5-9-13(12)16-14(17)10-18-11-6-2-1-3-7-11/h1-3,6-7,12-13H,4-5,8-10,15H2,(H,16,17)/t12-,13-/m1/s1. The maximum Gasteiger partial charge on any atom is 0.230 e. The third-order valence-electron chi connectivity index (χ3n) is 3.28. The highest BCUT2D eigenvalue weighted by molar-refractivity contribution is 8.00. The van der Waals surface area contributed by atoms with Crippen molar-refractivity contribution >= 4 is 17.7 Å². The number of nitrogens with one attached hydrogen (secondary N) is 1. The van der Waals surface area contributed by atoms with Crippen molar-refractivity contribution in [2.24, 2.45) is 5.73 Å². The van der Waals surface area contributed by atoms with Crippen LogP contribution in [0.15, 0.2) is 35.2 Å². The summed E-state index contributed by atoms with van der Waals surface area (Å²) in [4.78, 5) is 13.0. The van der Waals surface area contributed by atoms with Gasteiger partial charge in [-0.15, -0.1) is 11.8 Å². The highest BCUT2D eigenvalue weighted by atomic mass is 32.2. The van der Waals surface area contributed by atoms with Gasteiger partial charge in [0.15, 0.2) is 0 Å². The number of nitrogens with two attached hydrogens (primary N) is 1. The molecule has 2 atom stereocenters. The molecule has 1 aliphatic rings. The topological polar surface area (TPSA) is 55.1 Å². The Hall–Kier alpha value is -1.00. The Balaban J connectivity index is 1.75. The van der Waals surface area contributed by atoms with Gasteiger partial charge in [-0.1, -0.05) is 31.0 Å². The number of benzene rings is 1. The molecule has 18 heavy (non-hydrogen) atoms. The van der Waals surface area contributed by atoms with E-state index in [1.54, 1.807) is 11.8 Å². The van der Waals surface area contributed by atoms with Crippen LogP contribution in [-0.2, 0) is 4.79 Å². The zero-order valence-electron chi connectivity index (χ0n) is 10.5. The molecule has 0 aromatic heterocycles. The van der Waals surface area contributed by atoms with Gasteiger partial charge in [0.05, 0.1) is 5.75 Å². The summed E-state index contributed by atoms with van der Waals surface area (Å²) in [5.41, 5.74) is 6.01. The first kappa shape index (κ1) is 13.4. The Morgan fingerprint density at radius 2 is 2.00 bits per heavy atom. The quantitative estimate of drug-likeness (QED) is 0.819. The van der Waals surface area contributed by atoms with Crippen LogP contribution >= 0.6 is 11.8 Å². The minimum atomic E-state index is 0.0891. The van der Waals surface area contributed by atoms with Crippen molar-refractivity contribution in [3.63, 3.8) is 0 Å². The van der Waals surface area contributed by atoms with Gasteiger partial charge in [0, 0.05) is 17.0 Å². The van der Waals surface area contributed by atoms with Crippen LogP contribution in [0, 0.1) is 0 Å². The Morgan fingerprint density at radius 3 is 2.72 bits per heavy atom. The van der Waals surface area contributed by atoms with E-state index in [2.05, 4.69) is 5.32 Å². The van der Waals surface area contributed by atoms with E-state index in [0.717, 1.165) is 17.7 Å². The highest BCUT2D eigenvalue weighted by Crippen LogP contribution is 2.19. The molecule has 1 aliphatic carbocycles. The second kappa shape index (κ2) is 6.81. The molecule has 3 N–H and O–H groups in total. The summed E-state index contributed by atoms with van der Waals surface area (Å²) in [5, 5.41) is 3.05. The van der Waals surface area contributed by atoms with E-state index in [-0.39, 0.29) is 18.0 Å². The second-order valence-electron chi connectivity index (χ2n) is 4.72. The maximum atomic E-state index is 11.8. The van der Waals surface area contributed by atoms with Crippen LogP contribution in [0.3, 0.4) is 0 Å². The molecule has 0 spiro atoms. The zero-order chi connectivity index (χ0) is 12.8. The van der Waals surface area contributed by atoms with Crippen LogP contribution in [-0.4, -0.2) is 23.7 Å². The summed E-state index contributed by atoms with van der Waals surface area (Å²) >= 11 is 1.57. The van der Waals surface area contributed by atoms with Crippen molar-refractivity contribution in [1.29, 1.82) is 0 Å². The summed E-state index contributed by atoms with van der Waals surface area (Å²) in [5.74, 6) is 0.555. The average Bonchev–Trinajstić information content (AvgIpc) is 2.40. The number of amides is 1. The first-order valence-corrected chi connectivity index (χ1v) is 7.47. The monoisotopic (exact) mass is 264 g/mol. The SMILES string of the molecule is N[C@@H]1CCCC[C@H]1NC(=O)CSc1ccccc1. The smallest absolute Gasteiger partial charge is 0.230 e. The molecule has 1 amide bonds. The average molecular weight is 264 g/mol. The molecule has 98 valence electrons.